The number of halogens is 1. The van der Waals surface area contributed by atoms with E-state index in [1.165, 1.54) is 37.8 Å². The monoisotopic (exact) mass is 328 g/mol. The molecule has 2 aliphatic rings. The summed E-state index contributed by atoms with van der Waals surface area (Å²) in [7, 11) is 0. The Hall–Kier alpha value is -2.24. The molecule has 126 valence electrons. The number of rotatable bonds is 2. The van der Waals surface area contributed by atoms with Crippen LogP contribution in [-0.4, -0.2) is 32.1 Å². The molecule has 0 spiro atoms. The summed E-state index contributed by atoms with van der Waals surface area (Å²) in [6.07, 6.45) is 4.84. The summed E-state index contributed by atoms with van der Waals surface area (Å²) in [5.41, 5.74) is 0.119. The SMILES string of the molecule is CC1c2nnc(C3CCCC3)n2CCN1C(=O)c1ccccc1F. The molecule has 24 heavy (non-hydrogen) atoms. The summed E-state index contributed by atoms with van der Waals surface area (Å²) in [5.74, 6) is 1.61. The molecule has 0 radical (unpaired) electrons. The van der Waals surface area contributed by atoms with E-state index in [0.29, 0.717) is 19.0 Å². The second-order valence-electron chi connectivity index (χ2n) is 6.70. The minimum atomic E-state index is -0.478. The highest BCUT2D eigenvalue weighted by Crippen LogP contribution is 2.35. The van der Waals surface area contributed by atoms with Gasteiger partial charge in [0.25, 0.3) is 5.91 Å². The maximum atomic E-state index is 13.9. The maximum Gasteiger partial charge on any atom is 0.257 e. The number of hydrogen-bond donors (Lipinski definition) is 0. The lowest BCUT2D eigenvalue weighted by Crippen LogP contribution is -2.42. The van der Waals surface area contributed by atoms with Crippen molar-refractivity contribution in [1.82, 2.24) is 19.7 Å². The Morgan fingerprint density at radius 2 is 1.83 bits per heavy atom. The van der Waals surface area contributed by atoms with Crippen LogP contribution in [0.5, 0.6) is 0 Å². The highest BCUT2D eigenvalue weighted by atomic mass is 19.1. The Morgan fingerprint density at radius 3 is 2.58 bits per heavy atom. The van der Waals surface area contributed by atoms with Crippen molar-refractivity contribution >= 4 is 5.91 Å². The number of aromatic nitrogens is 3. The van der Waals surface area contributed by atoms with Gasteiger partial charge in [0, 0.05) is 19.0 Å². The summed E-state index contributed by atoms with van der Waals surface area (Å²) in [5, 5.41) is 8.77. The topological polar surface area (TPSA) is 51.0 Å². The van der Waals surface area contributed by atoms with Crippen LogP contribution >= 0.6 is 0 Å². The summed E-state index contributed by atoms with van der Waals surface area (Å²) < 4.78 is 16.1. The molecule has 2 aromatic rings. The van der Waals surface area contributed by atoms with E-state index in [9.17, 15) is 9.18 Å². The van der Waals surface area contributed by atoms with Gasteiger partial charge >= 0.3 is 0 Å². The first kappa shape index (κ1) is 15.3. The lowest BCUT2D eigenvalue weighted by Gasteiger charge is -2.34. The van der Waals surface area contributed by atoms with E-state index in [1.807, 2.05) is 6.92 Å². The van der Waals surface area contributed by atoms with Gasteiger partial charge < -0.3 is 9.47 Å². The molecular weight excluding hydrogens is 307 g/mol. The van der Waals surface area contributed by atoms with E-state index < -0.39 is 5.82 Å². The molecule has 6 heteroatoms. The van der Waals surface area contributed by atoms with Gasteiger partial charge in [-0.05, 0) is 31.9 Å². The molecule has 1 aliphatic heterocycles. The van der Waals surface area contributed by atoms with E-state index in [1.54, 1.807) is 17.0 Å². The molecule has 4 rings (SSSR count). The predicted molar refractivity (Wildman–Crippen MR) is 87.1 cm³/mol. The maximum absolute atomic E-state index is 13.9. The number of hydrogen-bond acceptors (Lipinski definition) is 3. The van der Waals surface area contributed by atoms with Gasteiger partial charge in [0.1, 0.15) is 11.6 Å². The average Bonchev–Trinajstić information content (AvgIpc) is 3.24. The first-order valence-electron chi connectivity index (χ1n) is 8.65. The lowest BCUT2D eigenvalue weighted by atomic mass is 10.1. The van der Waals surface area contributed by atoms with Crippen LogP contribution in [0.1, 0.15) is 66.6 Å². The molecule has 2 heterocycles. The van der Waals surface area contributed by atoms with E-state index in [2.05, 4.69) is 14.8 Å². The van der Waals surface area contributed by atoms with Crippen LogP contribution in [0.25, 0.3) is 0 Å². The molecule has 5 nitrogen and oxygen atoms in total. The first-order valence-corrected chi connectivity index (χ1v) is 8.65. The van der Waals surface area contributed by atoms with E-state index in [-0.39, 0.29) is 17.5 Å². The summed E-state index contributed by atoms with van der Waals surface area (Å²) in [6, 6.07) is 5.94. The van der Waals surface area contributed by atoms with Crippen molar-refractivity contribution < 1.29 is 9.18 Å². The van der Waals surface area contributed by atoms with Crippen LogP contribution in [0, 0.1) is 5.82 Å². The smallest absolute Gasteiger partial charge is 0.257 e. The largest absolute Gasteiger partial charge is 0.327 e. The van der Waals surface area contributed by atoms with E-state index in [4.69, 9.17) is 0 Å². The van der Waals surface area contributed by atoms with Crippen molar-refractivity contribution in [2.75, 3.05) is 6.54 Å². The molecule has 1 aromatic carbocycles. The van der Waals surface area contributed by atoms with Crippen molar-refractivity contribution in [3.63, 3.8) is 0 Å². The second-order valence-corrected chi connectivity index (χ2v) is 6.70. The fourth-order valence-corrected chi connectivity index (χ4v) is 3.96. The Kier molecular flexibility index (Phi) is 3.82. The minimum Gasteiger partial charge on any atom is -0.327 e. The fraction of sp³-hybridized carbons (Fsp3) is 0.500. The summed E-state index contributed by atoms with van der Waals surface area (Å²) in [4.78, 5) is 14.4. The highest BCUT2D eigenvalue weighted by Gasteiger charge is 2.34. The van der Waals surface area contributed by atoms with Crippen LogP contribution in [0.15, 0.2) is 24.3 Å². The molecule has 1 amide bonds. The Morgan fingerprint density at radius 1 is 1.12 bits per heavy atom. The van der Waals surface area contributed by atoms with Crippen molar-refractivity contribution in [2.45, 2.75) is 51.1 Å². The molecule has 1 aromatic heterocycles. The number of amides is 1. The van der Waals surface area contributed by atoms with Crippen LogP contribution in [-0.2, 0) is 6.54 Å². The molecule has 0 bridgehead atoms. The van der Waals surface area contributed by atoms with Gasteiger partial charge in [-0.15, -0.1) is 10.2 Å². The third-order valence-corrected chi connectivity index (χ3v) is 5.30. The molecule has 1 unspecified atom stereocenters. The molecule has 0 N–H and O–H groups in total. The van der Waals surface area contributed by atoms with E-state index in [0.717, 1.165) is 11.6 Å². The zero-order chi connectivity index (χ0) is 16.7. The third-order valence-electron chi connectivity index (χ3n) is 5.30. The van der Waals surface area contributed by atoms with E-state index >= 15 is 0 Å². The quantitative estimate of drug-likeness (QED) is 0.850. The number of nitrogens with zero attached hydrogens (tertiary/aromatic N) is 4. The van der Waals surface area contributed by atoms with Crippen molar-refractivity contribution in [2.24, 2.45) is 0 Å². The van der Waals surface area contributed by atoms with Gasteiger partial charge in [0.05, 0.1) is 11.6 Å². The fourth-order valence-electron chi connectivity index (χ4n) is 3.96. The molecule has 0 saturated heterocycles. The van der Waals surface area contributed by atoms with Crippen molar-refractivity contribution in [3.05, 3.63) is 47.3 Å². The standard InChI is InChI=1S/C18H21FN4O/c1-12-16-20-21-17(13-6-2-3-7-13)23(16)11-10-22(12)18(24)14-8-4-5-9-15(14)19/h4-5,8-9,12-13H,2-3,6-7,10-11H2,1H3. The lowest BCUT2D eigenvalue weighted by molar-refractivity contribution is 0.0631. The second kappa shape index (κ2) is 6.00. The molecule has 1 fully saturated rings. The van der Waals surface area contributed by atoms with Crippen molar-refractivity contribution in [3.8, 4) is 0 Å². The van der Waals surface area contributed by atoms with Gasteiger partial charge in [0.15, 0.2) is 5.82 Å². The Balaban J connectivity index is 1.62. The number of fused-ring (bicyclic) bond motifs is 1. The van der Waals surface area contributed by atoms with Gasteiger partial charge in [-0.2, -0.15) is 0 Å². The summed E-state index contributed by atoms with van der Waals surface area (Å²) >= 11 is 0. The molecular formula is C18H21FN4O. The van der Waals surface area contributed by atoms with Crippen LogP contribution in [0.2, 0.25) is 0 Å². The number of carbonyl (C=O) groups excluding carboxylic acids is 1. The highest BCUT2D eigenvalue weighted by molar-refractivity contribution is 5.94. The Bertz CT molecular complexity index is 766. The zero-order valence-corrected chi connectivity index (χ0v) is 13.8. The van der Waals surface area contributed by atoms with Crippen molar-refractivity contribution in [1.29, 1.82) is 0 Å². The van der Waals surface area contributed by atoms with Gasteiger partial charge in [0.2, 0.25) is 0 Å². The van der Waals surface area contributed by atoms with Crippen LogP contribution < -0.4 is 0 Å². The first-order chi connectivity index (χ1) is 11.7. The predicted octanol–water partition coefficient (Wildman–Crippen LogP) is 3.29. The number of benzene rings is 1. The normalized spacial score (nSPS) is 21.1. The Labute approximate surface area is 140 Å². The minimum absolute atomic E-state index is 0.119. The van der Waals surface area contributed by atoms with Gasteiger partial charge in [-0.25, -0.2) is 4.39 Å². The molecule has 1 atom stereocenters. The average molecular weight is 328 g/mol. The third kappa shape index (κ3) is 2.41. The number of carbonyl (C=O) groups is 1. The van der Waals surface area contributed by atoms with Gasteiger partial charge in [-0.1, -0.05) is 25.0 Å². The van der Waals surface area contributed by atoms with Crippen LogP contribution in [0.4, 0.5) is 4.39 Å². The molecule has 1 aliphatic carbocycles. The van der Waals surface area contributed by atoms with Crippen LogP contribution in [0.3, 0.4) is 0 Å². The molecule has 1 saturated carbocycles. The van der Waals surface area contributed by atoms with Gasteiger partial charge in [-0.3, -0.25) is 4.79 Å². The zero-order valence-electron chi connectivity index (χ0n) is 13.8. The summed E-state index contributed by atoms with van der Waals surface area (Å²) in [6.45, 7) is 3.18.